The van der Waals surface area contributed by atoms with Gasteiger partial charge in [-0.15, -0.1) is 11.3 Å². The first kappa shape index (κ1) is 17.3. The Labute approximate surface area is 169 Å². The maximum Gasteiger partial charge on any atom is 0.276 e. The van der Waals surface area contributed by atoms with Gasteiger partial charge in [0.25, 0.3) is 5.91 Å². The van der Waals surface area contributed by atoms with Crippen LogP contribution in [0.2, 0.25) is 0 Å². The van der Waals surface area contributed by atoms with Gasteiger partial charge >= 0.3 is 0 Å². The molecule has 8 nitrogen and oxygen atoms in total. The number of anilines is 1. The molecule has 1 N–H and O–H groups in total. The highest BCUT2D eigenvalue weighted by Crippen LogP contribution is 2.28. The lowest BCUT2D eigenvalue weighted by Crippen LogP contribution is -2.14. The van der Waals surface area contributed by atoms with Gasteiger partial charge in [0.1, 0.15) is 27.9 Å². The summed E-state index contributed by atoms with van der Waals surface area (Å²) in [7, 11) is 1.84. The lowest BCUT2D eigenvalue weighted by Gasteiger charge is -2.06. The normalized spacial score (nSPS) is 11.1. The van der Waals surface area contributed by atoms with Gasteiger partial charge in [0.15, 0.2) is 0 Å². The second-order valence-electron chi connectivity index (χ2n) is 6.35. The van der Waals surface area contributed by atoms with Crippen molar-refractivity contribution in [3.8, 4) is 22.0 Å². The van der Waals surface area contributed by atoms with E-state index in [0.717, 1.165) is 16.2 Å². The molecule has 0 fully saturated rings. The molecule has 0 aliphatic carbocycles. The molecule has 0 aliphatic rings. The number of thiazole rings is 1. The molecule has 5 rings (SSSR count). The molecule has 9 heteroatoms. The van der Waals surface area contributed by atoms with Gasteiger partial charge in [-0.1, -0.05) is 12.1 Å². The smallest absolute Gasteiger partial charge is 0.276 e. The van der Waals surface area contributed by atoms with Crippen LogP contribution in [0.3, 0.4) is 0 Å². The van der Waals surface area contributed by atoms with Gasteiger partial charge in [0.2, 0.25) is 0 Å². The molecule has 5 heterocycles. The molecular formula is C20H15N7OS. The SMILES string of the molecule is Cn1cc(-c2nc(C(=O)Nc3c(-c4ccccn4)nc4ccccn34)cs2)cn1. The van der Waals surface area contributed by atoms with Crippen molar-refractivity contribution >= 4 is 28.7 Å². The quantitative estimate of drug-likeness (QED) is 0.498. The number of nitrogens with zero attached hydrogens (tertiary/aromatic N) is 6. The summed E-state index contributed by atoms with van der Waals surface area (Å²) < 4.78 is 3.53. The van der Waals surface area contributed by atoms with Crippen molar-refractivity contribution < 1.29 is 4.79 Å². The fourth-order valence-electron chi connectivity index (χ4n) is 3.01. The summed E-state index contributed by atoms with van der Waals surface area (Å²) in [5.41, 5.74) is 3.22. The van der Waals surface area contributed by atoms with E-state index in [1.807, 2.05) is 60.2 Å². The van der Waals surface area contributed by atoms with Gasteiger partial charge in [-0.2, -0.15) is 5.10 Å². The summed E-state index contributed by atoms with van der Waals surface area (Å²) >= 11 is 1.40. The zero-order valence-corrected chi connectivity index (χ0v) is 16.2. The fourth-order valence-corrected chi connectivity index (χ4v) is 3.79. The van der Waals surface area contributed by atoms with Crippen molar-refractivity contribution in [2.75, 3.05) is 5.32 Å². The molecule has 29 heavy (non-hydrogen) atoms. The number of carbonyl (C=O) groups is 1. The molecule has 0 atom stereocenters. The van der Waals surface area contributed by atoms with E-state index in [-0.39, 0.29) is 5.91 Å². The third-order valence-electron chi connectivity index (χ3n) is 4.36. The van der Waals surface area contributed by atoms with E-state index in [0.29, 0.717) is 22.9 Å². The van der Waals surface area contributed by atoms with Crippen LogP contribution in [0.5, 0.6) is 0 Å². The fraction of sp³-hybridized carbons (Fsp3) is 0.0500. The van der Waals surface area contributed by atoms with Gasteiger partial charge in [-0.25, -0.2) is 9.97 Å². The number of aryl methyl sites for hydroxylation is 1. The standard InChI is InChI=1S/C20H15N7OS/c1-26-11-13(10-22-26)20-23-15(12-29-20)19(28)25-18-17(14-6-2-4-8-21-14)24-16-7-3-5-9-27(16)18/h2-12H,1H3,(H,25,28). The summed E-state index contributed by atoms with van der Waals surface area (Å²) in [5, 5.41) is 9.59. The zero-order chi connectivity index (χ0) is 19.8. The van der Waals surface area contributed by atoms with Crippen LogP contribution in [-0.2, 0) is 7.05 Å². The Morgan fingerprint density at radius 1 is 1.14 bits per heavy atom. The van der Waals surface area contributed by atoms with E-state index in [1.165, 1.54) is 11.3 Å². The minimum atomic E-state index is -0.306. The number of amides is 1. The number of hydrogen-bond donors (Lipinski definition) is 1. The molecule has 0 unspecified atom stereocenters. The molecule has 0 aliphatic heterocycles. The summed E-state index contributed by atoms with van der Waals surface area (Å²) in [5.74, 6) is 0.249. The first-order chi connectivity index (χ1) is 14.2. The molecule has 142 valence electrons. The Morgan fingerprint density at radius 2 is 2.03 bits per heavy atom. The van der Waals surface area contributed by atoms with Crippen LogP contribution in [0.4, 0.5) is 5.82 Å². The average Bonchev–Trinajstić information content (AvgIpc) is 3.47. The van der Waals surface area contributed by atoms with Crippen molar-refractivity contribution in [2.45, 2.75) is 0 Å². The molecule has 0 radical (unpaired) electrons. The maximum absolute atomic E-state index is 12.9. The molecular weight excluding hydrogens is 386 g/mol. The Bertz CT molecular complexity index is 1320. The molecule has 0 aromatic carbocycles. The predicted molar refractivity (Wildman–Crippen MR) is 111 cm³/mol. The van der Waals surface area contributed by atoms with Crippen LogP contribution in [0.25, 0.3) is 27.6 Å². The Morgan fingerprint density at radius 3 is 2.83 bits per heavy atom. The summed E-state index contributed by atoms with van der Waals surface area (Å²) in [6, 6.07) is 11.3. The second-order valence-corrected chi connectivity index (χ2v) is 7.21. The Balaban J connectivity index is 1.52. The van der Waals surface area contributed by atoms with Crippen molar-refractivity contribution in [3.05, 3.63) is 72.3 Å². The number of carbonyl (C=O) groups excluding carboxylic acids is 1. The summed E-state index contributed by atoms with van der Waals surface area (Å²) in [6.07, 6.45) is 7.15. The highest BCUT2D eigenvalue weighted by Gasteiger charge is 2.19. The van der Waals surface area contributed by atoms with Crippen molar-refractivity contribution in [2.24, 2.45) is 7.05 Å². The van der Waals surface area contributed by atoms with Crippen molar-refractivity contribution in [1.82, 2.24) is 29.1 Å². The van der Waals surface area contributed by atoms with E-state index in [4.69, 9.17) is 0 Å². The topological polar surface area (TPSA) is 90.0 Å². The van der Waals surface area contributed by atoms with Gasteiger partial charge in [-0.3, -0.25) is 18.9 Å². The number of fused-ring (bicyclic) bond motifs is 1. The molecule has 0 saturated carbocycles. The first-order valence-electron chi connectivity index (χ1n) is 8.83. The van der Waals surface area contributed by atoms with E-state index in [2.05, 4.69) is 25.4 Å². The van der Waals surface area contributed by atoms with E-state index >= 15 is 0 Å². The van der Waals surface area contributed by atoms with Crippen molar-refractivity contribution in [3.63, 3.8) is 0 Å². The lowest BCUT2D eigenvalue weighted by molar-refractivity contribution is 0.102. The van der Waals surface area contributed by atoms with E-state index in [1.54, 1.807) is 22.5 Å². The van der Waals surface area contributed by atoms with E-state index < -0.39 is 0 Å². The molecule has 0 bridgehead atoms. The molecule has 0 spiro atoms. The number of aromatic nitrogens is 6. The minimum absolute atomic E-state index is 0.306. The molecule has 1 amide bonds. The monoisotopic (exact) mass is 401 g/mol. The van der Waals surface area contributed by atoms with Gasteiger partial charge in [0.05, 0.1) is 11.9 Å². The van der Waals surface area contributed by atoms with Gasteiger partial charge in [0, 0.05) is 36.6 Å². The molecule has 5 aromatic rings. The minimum Gasteiger partial charge on any atom is -0.304 e. The first-order valence-corrected chi connectivity index (χ1v) is 9.71. The number of pyridine rings is 2. The van der Waals surface area contributed by atoms with Crippen molar-refractivity contribution in [1.29, 1.82) is 0 Å². The third-order valence-corrected chi connectivity index (χ3v) is 5.25. The number of nitrogens with one attached hydrogen (secondary N) is 1. The van der Waals surface area contributed by atoms with Crippen LogP contribution in [-0.4, -0.2) is 35.0 Å². The Hall–Kier alpha value is -3.85. The van der Waals surface area contributed by atoms with Crippen LogP contribution in [0.15, 0.2) is 66.6 Å². The second kappa shape index (κ2) is 6.95. The predicted octanol–water partition coefficient (Wildman–Crippen LogP) is 3.51. The van der Waals surface area contributed by atoms with E-state index in [9.17, 15) is 4.79 Å². The summed E-state index contributed by atoms with van der Waals surface area (Å²) in [6.45, 7) is 0. The summed E-state index contributed by atoms with van der Waals surface area (Å²) in [4.78, 5) is 26.4. The number of imidazole rings is 1. The van der Waals surface area contributed by atoms with Crippen LogP contribution in [0, 0.1) is 0 Å². The maximum atomic E-state index is 12.9. The van der Waals surface area contributed by atoms with Crippen LogP contribution in [0.1, 0.15) is 10.5 Å². The van der Waals surface area contributed by atoms with Gasteiger partial charge in [-0.05, 0) is 24.3 Å². The number of rotatable bonds is 4. The molecule has 5 aromatic heterocycles. The van der Waals surface area contributed by atoms with Crippen LogP contribution < -0.4 is 5.32 Å². The third kappa shape index (κ3) is 3.17. The van der Waals surface area contributed by atoms with Gasteiger partial charge < -0.3 is 5.32 Å². The Kier molecular flexibility index (Phi) is 4.14. The largest absolute Gasteiger partial charge is 0.304 e. The number of hydrogen-bond acceptors (Lipinski definition) is 6. The average molecular weight is 401 g/mol. The lowest BCUT2D eigenvalue weighted by atomic mass is 10.2. The highest BCUT2D eigenvalue weighted by molar-refractivity contribution is 7.13. The zero-order valence-electron chi connectivity index (χ0n) is 15.4. The van der Waals surface area contributed by atoms with Crippen LogP contribution >= 0.6 is 11.3 Å². The highest BCUT2D eigenvalue weighted by atomic mass is 32.1. The molecule has 0 saturated heterocycles.